The number of fused-ring (bicyclic) bond motifs is 1. The van der Waals surface area contributed by atoms with Gasteiger partial charge in [0.25, 0.3) is 0 Å². The first-order valence-corrected chi connectivity index (χ1v) is 10.4. The molecule has 0 saturated heterocycles. The van der Waals surface area contributed by atoms with E-state index in [-0.39, 0.29) is 6.04 Å². The monoisotopic (exact) mass is 432 g/mol. The van der Waals surface area contributed by atoms with Crippen LogP contribution in [0.4, 0.5) is 16.0 Å². The normalized spacial score (nSPS) is 11.7. The number of hydrogen-bond acceptors (Lipinski definition) is 6. The van der Waals surface area contributed by atoms with Gasteiger partial charge in [-0.2, -0.15) is 0 Å². The van der Waals surface area contributed by atoms with E-state index in [9.17, 15) is 4.39 Å². The van der Waals surface area contributed by atoms with E-state index < -0.39 is 5.82 Å². The fourth-order valence-electron chi connectivity index (χ4n) is 3.55. The fourth-order valence-corrected chi connectivity index (χ4v) is 3.55. The third-order valence-electron chi connectivity index (χ3n) is 5.10. The zero-order valence-electron chi connectivity index (χ0n) is 18.3. The molecule has 0 fully saturated rings. The van der Waals surface area contributed by atoms with Gasteiger partial charge in [-0.25, -0.2) is 24.3 Å². The number of aliphatic imine (C=N–C) groups is 1. The molecule has 164 valence electrons. The minimum Gasteiger partial charge on any atom is -0.368 e. The summed E-state index contributed by atoms with van der Waals surface area (Å²) in [7, 11) is 0. The van der Waals surface area contributed by atoms with Crippen molar-refractivity contribution < 1.29 is 4.39 Å². The zero-order valence-corrected chi connectivity index (χ0v) is 18.3. The lowest BCUT2D eigenvalue weighted by molar-refractivity contribution is 0.612. The summed E-state index contributed by atoms with van der Waals surface area (Å²) >= 11 is 0. The molecule has 0 aliphatic carbocycles. The Morgan fingerprint density at radius 1 is 1.31 bits per heavy atom. The molecule has 4 heterocycles. The van der Waals surface area contributed by atoms with Crippen molar-refractivity contribution in [1.29, 1.82) is 0 Å². The van der Waals surface area contributed by atoms with Crippen molar-refractivity contribution in [2.45, 2.75) is 33.2 Å². The van der Waals surface area contributed by atoms with E-state index in [0.29, 0.717) is 34.9 Å². The second-order valence-corrected chi connectivity index (χ2v) is 7.62. The minimum atomic E-state index is -0.436. The molecule has 32 heavy (non-hydrogen) atoms. The van der Waals surface area contributed by atoms with Crippen LogP contribution in [-0.4, -0.2) is 42.7 Å². The zero-order chi connectivity index (χ0) is 22.7. The second kappa shape index (κ2) is 9.09. The summed E-state index contributed by atoms with van der Waals surface area (Å²) in [6, 6.07) is 1.54. The number of pyridine rings is 1. The summed E-state index contributed by atoms with van der Waals surface area (Å²) in [5.41, 5.74) is 4.00. The molecule has 4 aromatic heterocycles. The molecular formula is C23H25FN8. The lowest BCUT2D eigenvalue weighted by Crippen LogP contribution is -2.09. The number of allylic oxidation sites excluding steroid dienone is 1. The van der Waals surface area contributed by atoms with E-state index in [1.807, 2.05) is 29.8 Å². The molecule has 0 aliphatic heterocycles. The smallest absolute Gasteiger partial charge is 0.166 e. The van der Waals surface area contributed by atoms with E-state index in [2.05, 4.69) is 55.8 Å². The van der Waals surface area contributed by atoms with Crippen LogP contribution in [0.25, 0.3) is 28.6 Å². The van der Waals surface area contributed by atoms with Gasteiger partial charge in [-0.15, -0.1) is 0 Å². The van der Waals surface area contributed by atoms with Crippen molar-refractivity contribution >= 4 is 35.6 Å². The standard InChI is InChI=1S/C23H25FN8/c1-5-6-18-15(11-28-21(18)25-4)7-8-27-22-19-23(32(13-29-19)14(2)3)31-20(30-22)16-9-17(24)12-26-10-16/h5-6,9-14,28H,4,7-8H2,1-3H3,(H,27,30,31)/b6-5-. The molecule has 0 radical (unpaired) electrons. The van der Waals surface area contributed by atoms with Crippen molar-refractivity contribution in [2.75, 3.05) is 11.9 Å². The minimum absolute atomic E-state index is 0.161. The van der Waals surface area contributed by atoms with E-state index in [1.54, 1.807) is 12.5 Å². The summed E-state index contributed by atoms with van der Waals surface area (Å²) in [4.78, 5) is 24.9. The van der Waals surface area contributed by atoms with Gasteiger partial charge < -0.3 is 14.9 Å². The Labute approximate surface area is 185 Å². The summed E-state index contributed by atoms with van der Waals surface area (Å²) in [6.07, 6.45) is 11.1. The van der Waals surface area contributed by atoms with Gasteiger partial charge in [0.1, 0.15) is 17.2 Å². The van der Waals surface area contributed by atoms with Gasteiger partial charge in [0.05, 0.1) is 12.5 Å². The van der Waals surface area contributed by atoms with E-state index in [1.165, 1.54) is 6.07 Å². The second-order valence-electron chi connectivity index (χ2n) is 7.62. The van der Waals surface area contributed by atoms with Gasteiger partial charge in [0.2, 0.25) is 0 Å². The first-order chi connectivity index (χ1) is 15.5. The predicted molar refractivity (Wildman–Crippen MR) is 126 cm³/mol. The third-order valence-corrected chi connectivity index (χ3v) is 5.10. The number of aromatic amines is 1. The van der Waals surface area contributed by atoms with Crippen LogP contribution in [0.5, 0.6) is 0 Å². The Morgan fingerprint density at radius 3 is 2.88 bits per heavy atom. The largest absolute Gasteiger partial charge is 0.368 e. The van der Waals surface area contributed by atoms with Crippen molar-refractivity contribution in [3.05, 3.63) is 54.0 Å². The lowest BCUT2D eigenvalue weighted by atomic mass is 10.1. The van der Waals surface area contributed by atoms with Crippen molar-refractivity contribution in [1.82, 2.24) is 29.5 Å². The van der Waals surface area contributed by atoms with Gasteiger partial charge >= 0.3 is 0 Å². The van der Waals surface area contributed by atoms with Crippen LogP contribution in [0.3, 0.4) is 0 Å². The molecular weight excluding hydrogens is 407 g/mol. The Bertz CT molecular complexity index is 1280. The number of anilines is 1. The highest BCUT2D eigenvalue weighted by atomic mass is 19.1. The predicted octanol–water partition coefficient (Wildman–Crippen LogP) is 4.96. The average Bonchev–Trinajstić information content (AvgIpc) is 3.38. The highest BCUT2D eigenvalue weighted by Crippen LogP contribution is 2.27. The number of aromatic nitrogens is 6. The number of nitrogens with zero attached hydrogens (tertiary/aromatic N) is 6. The van der Waals surface area contributed by atoms with Gasteiger partial charge in [0.15, 0.2) is 17.3 Å². The molecule has 0 bridgehead atoms. The summed E-state index contributed by atoms with van der Waals surface area (Å²) in [6.45, 7) is 10.3. The van der Waals surface area contributed by atoms with E-state index in [4.69, 9.17) is 0 Å². The Kier molecular flexibility index (Phi) is 6.07. The van der Waals surface area contributed by atoms with Gasteiger partial charge in [0, 0.05) is 36.1 Å². The Morgan fingerprint density at radius 2 is 2.16 bits per heavy atom. The first-order valence-electron chi connectivity index (χ1n) is 10.4. The number of nitrogens with one attached hydrogen (secondary N) is 2. The maximum atomic E-state index is 13.8. The van der Waals surface area contributed by atoms with Crippen LogP contribution >= 0.6 is 0 Å². The van der Waals surface area contributed by atoms with Gasteiger partial charge in [-0.1, -0.05) is 12.2 Å². The maximum absolute atomic E-state index is 13.8. The van der Waals surface area contributed by atoms with Crippen molar-refractivity contribution in [3.8, 4) is 11.4 Å². The van der Waals surface area contributed by atoms with Crippen molar-refractivity contribution in [3.63, 3.8) is 0 Å². The third kappa shape index (κ3) is 4.14. The van der Waals surface area contributed by atoms with Crippen LogP contribution in [0.2, 0.25) is 0 Å². The highest BCUT2D eigenvalue weighted by molar-refractivity contribution is 5.85. The lowest BCUT2D eigenvalue weighted by Gasteiger charge is -2.11. The SMILES string of the molecule is C=Nc1[nH]cc(CCNc2nc(-c3cncc(F)c3)nc3c2ncn3C(C)C)c1/C=C\C. The maximum Gasteiger partial charge on any atom is 0.166 e. The molecule has 0 amide bonds. The molecule has 0 aromatic carbocycles. The Hall–Kier alpha value is -3.88. The molecule has 0 saturated carbocycles. The fraction of sp³-hybridized carbons (Fsp3) is 0.261. The quantitative estimate of drug-likeness (QED) is 0.384. The number of halogens is 1. The number of hydrogen-bond donors (Lipinski definition) is 2. The highest BCUT2D eigenvalue weighted by Gasteiger charge is 2.16. The topological polar surface area (TPSA) is 96.7 Å². The Balaban J connectivity index is 1.67. The number of rotatable bonds is 8. The molecule has 0 spiro atoms. The van der Waals surface area contributed by atoms with E-state index >= 15 is 0 Å². The van der Waals surface area contributed by atoms with Crippen LogP contribution in [-0.2, 0) is 6.42 Å². The van der Waals surface area contributed by atoms with E-state index in [0.717, 1.165) is 29.6 Å². The molecule has 0 unspecified atom stereocenters. The molecule has 0 aliphatic rings. The molecule has 0 atom stereocenters. The summed E-state index contributed by atoms with van der Waals surface area (Å²) in [5.74, 6) is 1.30. The van der Waals surface area contributed by atoms with Crippen LogP contribution in [0, 0.1) is 5.82 Å². The van der Waals surface area contributed by atoms with Crippen LogP contribution < -0.4 is 5.32 Å². The molecule has 4 rings (SSSR count). The van der Waals surface area contributed by atoms with Gasteiger partial charge in [-0.05, 0) is 45.5 Å². The van der Waals surface area contributed by atoms with Crippen LogP contribution in [0.1, 0.15) is 37.9 Å². The van der Waals surface area contributed by atoms with Crippen LogP contribution in [0.15, 0.2) is 42.1 Å². The molecule has 8 nitrogen and oxygen atoms in total. The summed E-state index contributed by atoms with van der Waals surface area (Å²) < 4.78 is 15.7. The number of H-pyrrole nitrogens is 1. The molecule has 4 aromatic rings. The van der Waals surface area contributed by atoms with Gasteiger partial charge in [-0.3, -0.25) is 4.98 Å². The van der Waals surface area contributed by atoms with Crippen molar-refractivity contribution in [2.24, 2.45) is 4.99 Å². The average molecular weight is 433 g/mol. The summed E-state index contributed by atoms with van der Waals surface area (Å²) in [5, 5.41) is 3.38. The number of imidazole rings is 1. The molecule has 9 heteroatoms. The first kappa shape index (κ1) is 21.4. The molecule has 2 N–H and O–H groups in total.